The third kappa shape index (κ3) is 6.44. The molecule has 0 saturated heterocycles. The van der Waals surface area contributed by atoms with Crippen molar-refractivity contribution in [1.82, 2.24) is 0 Å². The molecule has 0 N–H and O–H groups in total. The Labute approximate surface area is 273 Å². The highest BCUT2D eigenvalue weighted by Gasteiger charge is 2.18. The van der Waals surface area contributed by atoms with Gasteiger partial charge in [-0.15, -0.1) is 0 Å². The summed E-state index contributed by atoms with van der Waals surface area (Å²) in [4.78, 5) is 0. The Morgan fingerprint density at radius 2 is 1.15 bits per heavy atom. The monoisotopic (exact) mass is 652 g/mol. The molecule has 6 rings (SSSR count). The molecule has 0 nitrogen and oxygen atoms in total. The van der Waals surface area contributed by atoms with Gasteiger partial charge in [-0.3, -0.25) is 0 Å². The third-order valence-corrected chi connectivity index (χ3v) is 8.31. The number of aryl methyl sites for hydroxylation is 2. The van der Waals surface area contributed by atoms with Crippen LogP contribution in [0.5, 0.6) is 0 Å². The van der Waals surface area contributed by atoms with Crippen LogP contribution < -0.4 is 0 Å². The largest absolute Gasteiger partial charge is 0.206 e. The lowest BCUT2D eigenvalue weighted by Gasteiger charge is -2.11. The van der Waals surface area contributed by atoms with Gasteiger partial charge >= 0.3 is 0 Å². The summed E-state index contributed by atoms with van der Waals surface area (Å²) in [6, 6.07) is 22.3. The van der Waals surface area contributed by atoms with Crippen molar-refractivity contribution in [3.05, 3.63) is 154 Å². The topological polar surface area (TPSA) is 0 Å². The summed E-state index contributed by atoms with van der Waals surface area (Å²) in [7, 11) is 0. The van der Waals surface area contributed by atoms with Gasteiger partial charge < -0.3 is 0 Å². The van der Waals surface area contributed by atoms with Crippen LogP contribution in [-0.2, 0) is 6.42 Å². The SMILES string of the molecule is CCCCc1ccc(-c2ccc(-c3ccc(-c4cc(C)c(C#Cc5cc(F)c6c(F)c(F)c(F)cc6c5)c(F)c4)c(F)c3)c(F)c2)cc1. The smallest absolute Gasteiger partial charge is 0.195 e. The molecule has 240 valence electrons. The van der Waals surface area contributed by atoms with Gasteiger partial charge in [0.1, 0.15) is 23.3 Å². The molecule has 0 saturated carbocycles. The van der Waals surface area contributed by atoms with E-state index in [1.54, 1.807) is 25.1 Å². The second kappa shape index (κ2) is 13.4. The summed E-state index contributed by atoms with van der Waals surface area (Å²) < 4.78 is 102. The molecule has 6 aromatic carbocycles. The van der Waals surface area contributed by atoms with Gasteiger partial charge in [0.25, 0.3) is 0 Å². The third-order valence-electron chi connectivity index (χ3n) is 8.31. The van der Waals surface area contributed by atoms with Gasteiger partial charge in [-0.05, 0) is 101 Å². The van der Waals surface area contributed by atoms with Gasteiger partial charge in [0, 0.05) is 16.7 Å². The molecule has 0 heterocycles. The Hall–Kier alpha value is -5.35. The summed E-state index contributed by atoms with van der Waals surface area (Å²) in [5, 5.41) is -0.965. The number of benzene rings is 6. The highest BCUT2D eigenvalue weighted by atomic mass is 19.2. The molecular weight excluding hydrogens is 625 g/mol. The lowest BCUT2D eigenvalue weighted by Crippen LogP contribution is -1.96. The maximum atomic E-state index is 15.4. The van der Waals surface area contributed by atoms with Crippen molar-refractivity contribution in [3.63, 3.8) is 0 Å². The minimum absolute atomic E-state index is 0.0181. The Bertz CT molecular complexity index is 2230. The second-order valence-electron chi connectivity index (χ2n) is 11.6. The zero-order valence-corrected chi connectivity index (χ0v) is 25.9. The molecule has 48 heavy (non-hydrogen) atoms. The van der Waals surface area contributed by atoms with E-state index in [9.17, 15) is 17.6 Å². The van der Waals surface area contributed by atoms with E-state index in [4.69, 9.17) is 0 Å². The fourth-order valence-corrected chi connectivity index (χ4v) is 5.74. The summed E-state index contributed by atoms with van der Waals surface area (Å²) in [6.07, 6.45) is 3.20. The molecular formula is C41H27F7. The molecule has 0 aliphatic rings. The number of unbranched alkanes of at least 4 members (excludes halogenated alkanes) is 1. The highest BCUT2D eigenvalue weighted by molar-refractivity contribution is 5.85. The van der Waals surface area contributed by atoms with E-state index in [0.29, 0.717) is 22.8 Å². The van der Waals surface area contributed by atoms with Gasteiger partial charge in [0.15, 0.2) is 17.5 Å². The van der Waals surface area contributed by atoms with Crippen LogP contribution in [0.15, 0.2) is 91.0 Å². The van der Waals surface area contributed by atoms with Crippen molar-refractivity contribution in [3.8, 4) is 45.2 Å². The minimum atomic E-state index is -1.79. The van der Waals surface area contributed by atoms with Crippen LogP contribution in [0.2, 0.25) is 0 Å². The van der Waals surface area contributed by atoms with Gasteiger partial charge in [-0.25, -0.2) is 30.7 Å². The lowest BCUT2D eigenvalue weighted by atomic mass is 9.95. The van der Waals surface area contributed by atoms with E-state index >= 15 is 13.2 Å². The van der Waals surface area contributed by atoms with E-state index in [2.05, 4.69) is 18.8 Å². The number of hydrogen-bond donors (Lipinski definition) is 0. The highest BCUT2D eigenvalue weighted by Crippen LogP contribution is 2.33. The molecule has 0 amide bonds. The first-order chi connectivity index (χ1) is 23.0. The maximum Gasteiger partial charge on any atom is 0.195 e. The van der Waals surface area contributed by atoms with Crippen molar-refractivity contribution in [1.29, 1.82) is 0 Å². The Kier molecular flexibility index (Phi) is 9.10. The van der Waals surface area contributed by atoms with E-state index in [0.717, 1.165) is 43.0 Å². The summed E-state index contributed by atoms with van der Waals surface area (Å²) in [5.41, 5.74) is 3.94. The molecule has 0 aliphatic heterocycles. The Morgan fingerprint density at radius 3 is 1.81 bits per heavy atom. The average Bonchev–Trinajstić information content (AvgIpc) is 3.05. The predicted molar refractivity (Wildman–Crippen MR) is 176 cm³/mol. The number of fused-ring (bicyclic) bond motifs is 1. The summed E-state index contributed by atoms with van der Waals surface area (Å²) >= 11 is 0. The molecule has 6 aromatic rings. The summed E-state index contributed by atoms with van der Waals surface area (Å²) in [6.45, 7) is 3.70. The van der Waals surface area contributed by atoms with Gasteiger partial charge in [-0.2, -0.15) is 0 Å². The Morgan fingerprint density at radius 1 is 0.521 bits per heavy atom. The first kappa shape index (κ1) is 32.6. The van der Waals surface area contributed by atoms with Crippen LogP contribution in [0.25, 0.3) is 44.2 Å². The van der Waals surface area contributed by atoms with Crippen LogP contribution in [0.1, 0.15) is 42.0 Å². The number of hydrogen-bond acceptors (Lipinski definition) is 0. The van der Waals surface area contributed by atoms with Crippen LogP contribution in [0.3, 0.4) is 0 Å². The molecule has 0 bridgehead atoms. The maximum absolute atomic E-state index is 15.4. The van der Waals surface area contributed by atoms with E-state index < -0.39 is 46.1 Å². The van der Waals surface area contributed by atoms with Gasteiger partial charge in [-0.1, -0.05) is 73.7 Å². The zero-order chi connectivity index (χ0) is 34.1. The van der Waals surface area contributed by atoms with Crippen molar-refractivity contribution >= 4 is 10.8 Å². The zero-order valence-electron chi connectivity index (χ0n) is 25.9. The molecule has 0 atom stereocenters. The molecule has 0 unspecified atom stereocenters. The number of rotatable bonds is 6. The first-order valence-electron chi connectivity index (χ1n) is 15.3. The molecule has 7 heteroatoms. The van der Waals surface area contributed by atoms with Crippen LogP contribution >= 0.6 is 0 Å². The quantitative estimate of drug-likeness (QED) is 0.0954. The Balaban J connectivity index is 1.25. The van der Waals surface area contributed by atoms with E-state index in [-0.39, 0.29) is 33.2 Å². The predicted octanol–water partition coefficient (Wildman–Crippen LogP) is 11.9. The molecule has 0 fully saturated rings. The molecule has 0 aromatic heterocycles. The number of halogens is 7. The van der Waals surface area contributed by atoms with E-state index in [1.165, 1.54) is 29.8 Å². The van der Waals surface area contributed by atoms with Crippen molar-refractivity contribution in [2.75, 3.05) is 0 Å². The van der Waals surface area contributed by atoms with Crippen molar-refractivity contribution in [2.24, 2.45) is 0 Å². The minimum Gasteiger partial charge on any atom is -0.206 e. The average molecular weight is 653 g/mol. The molecule has 0 spiro atoms. The van der Waals surface area contributed by atoms with Crippen LogP contribution in [-0.4, -0.2) is 0 Å². The van der Waals surface area contributed by atoms with Crippen molar-refractivity contribution < 1.29 is 30.7 Å². The standard InChI is InChI=1S/C41H27F7/c1-3-4-5-24-6-9-26(10-7-24)27-11-14-32(35(43)19-27)28-12-15-33(36(44)20-28)29-16-23(2)31(34(42)21-29)13-8-25-17-30-22-38(46)40(47)41(48)39(30)37(45)18-25/h6-7,9-12,14-22H,3-5H2,1-2H3. The summed E-state index contributed by atoms with van der Waals surface area (Å²) in [5.74, 6) is -2.86. The van der Waals surface area contributed by atoms with Gasteiger partial charge in [0.05, 0.1) is 10.9 Å². The second-order valence-corrected chi connectivity index (χ2v) is 11.6. The van der Waals surface area contributed by atoms with Crippen LogP contribution in [0, 0.1) is 59.5 Å². The fourth-order valence-electron chi connectivity index (χ4n) is 5.74. The van der Waals surface area contributed by atoms with Crippen LogP contribution in [0.4, 0.5) is 30.7 Å². The lowest BCUT2D eigenvalue weighted by molar-refractivity contribution is 0.451. The normalized spacial score (nSPS) is 11.1. The van der Waals surface area contributed by atoms with Gasteiger partial charge in [0.2, 0.25) is 0 Å². The first-order valence-corrected chi connectivity index (χ1v) is 15.3. The molecule has 0 radical (unpaired) electrons. The fraction of sp³-hybridized carbons (Fsp3) is 0.122. The van der Waals surface area contributed by atoms with E-state index in [1.807, 2.05) is 24.3 Å². The van der Waals surface area contributed by atoms with Crippen molar-refractivity contribution in [2.45, 2.75) is 33.1 Å². The molecule has 0 aliphatic carbocycles.